The van der Waals surface area contributed by atoms with Crippen LogP contribution >= 0.6 is 0 Å². The predicted octanol–water partition coefficient (Wildman–Crippen LogP) is 1.16. The van der Waals surface area contributed by atoms with Crippen molar-refractivity contribution in [2.45, 2.75) is 18.9 Å². The Bertz CT molecular complexity index is 565. The lowest BCUT2D eigenvalue weighted by atomic mass is 10.1. The molecule has 0 aromatic heterocycles. The minimum Gasteiger partial charge on any atom is -0.368 e. The average Bonchev–Trinajstić information content (AvgIpc) is 2.40. The molecule has 0 saturated carbocycles. The summed E-state index contributed by atoms with van der Waals surface area (Å²) in [7, 11) is 0. The number of carbonyl (C=O) groups is 1. The number of hydrogen-bond donors (Lipinski definition) is 2. The molecule has 1 aromatic carbocycles. The van der Waals surface area contributed by atoms with Gasteiger partial charge < -0.3 is 10.6 Å². The number of nitrogens with one attached hydrogen (secondary N) is 2. The third-order valence-electron chi connectivity index (χ3n) is 2.95. The second-order valence-corrected chi connectivity index (χ2v) is 4.20. The Labute approximate surface area is 109 Å². The molecule has 7 heteroatoms. The summed E-state index contributed by atoms with van der Waals surface area (Å²) in [6, 6.07) is 5.72. The van der Waals surface area contributed by atoms with E-state index in [1.54, 1.807) is 12.1 Å². The maximum atomic E-state index is 11.6. The number of nitro benzene ring substituents is 1. The molecule has 2 rings (SSSR count). The van der Waals surface area contributed by atoms with E-state index in [9.17, 15) is 14.9 Å². The Morgan fingerprint density at radius 2 is 2.32 bits per heavy atom. The summed E-state index contributed by atoms with van der Waals surface area (Å²) in [5, 5.41) is 25.5. The molecule has 1 aliphatic rings. The van der Waals surface area contributed by atoms with E-state index >= 15 is 0 Å². The van der Waals surface area contributed by atoms with Crippen LogP contribution in [0.2, 0.25) is 0 Å². The number of nitrogens with zero attached hydrogens (tertiary/aromatic N) is 2. The number of anilines is 1. The number of benzene rings is 1. The van der Waals surface area contributed by atoms with Gasteiger partial charge in [-0.3, -0.25) is 14.9 Å². The molecule has 7 nitrogen and oxygen atoms in total. The van der Waals surface area contributed by atoms with E-state index < -0.39 is 11.0 Å². The number of carbonyl (C=O) groups excluding carboxylic acids is 1. The number of para-hydroxylation sites is 1. The number of hydrogen-bond acceptors (Lipinski definition) is 5. The zero-order valence-electron chi connectivity index (χ0n) is 10.0. The van der Waals surface area contributed by atoms with Crippen LogP contribution in [-0.4, -0.2) is 23.4 Å². The van der Waals surface area contributed by atoms with Crippen LogP contribution in [0.25, 0.3) is 0 Å². The first kappa shape index (κ1) is 12.8. The molecule has 1 atom stereocenters. The zero-order chi connectivity index (χ0) is 13.8. The van der Waals surface area contributed by atoms with Crippen LogP contribution in [0.4, 0.5) is 11.4 Å². The van der Waals surface area contributed by atoms with Crippen molar-refractivity contribution >= 4 is 17.3 Å². The highest BCUT2D eigenvalue weighted by Gasteiger charge is 2.26. The normalized spacial score (nSPS) is 18.3. The molecule has 98 valence electrons. The van der Waals surface area contributed by atoms with Gasteiger partial charge in [0.05, 0.1) is 4.92 Å². The molecule has 1 saturated heterocycles. The standard InChI is InChI=1S/C12H12N4O3/c13-7-8-3-1-4-9(11(8)16(18)19)15-10-5-2-6-14-12(10)17/h1,3-4,10,15H,2,5-6H2,(H,14,17). The average molecular weight is 260 g/mol. The highest BCUT2D eigenvalue weighted by atomic mass is 16.6. The van der Waals surface area contributed by atoms with E-state index in [2.05, 4.69) is 10.6 Å². The van der Waals surface area contributed by atoms with Crippen LogP contribution in [-0.2, 0) is 4.79 Å². The second kappa shape index (κ2) is 5.35. The van der Waals surface area contributed by atoms with Gasteiger partial charge in [0.2, 0.25) is 5.91 Å². The lowest BCUT2D eigenvalue weighted by Gasteiger charge is -2.23. The van der Waals surface area contributed by atoms with Crippen molar-refractivity contribution in [1.82, 2.24) is 5.32 Å². The minimum absolute atomic E-state index is 0.0220. The molecule has 19 heavy (non-hydrogen) atoms. The molecule has 1 unspecified atom stereocenters. The first-order valence-electron chi connectivity index (χ1n) is 5.85. The summed E-state index contributed by atoms with van der Waals surface area (Å²) in [5.74, 6) is -0.178. The minimum atomic E-state index is -0.610. The van der Waals surface area contributed by atoms with Gasteiger partial charge in [0.1, 0.15) is 23.4 Å². The molecule has 0 radical (unpaired) electrons. The number of piperidine rings is 1. The van der Waals surface area contributed by atoms with Crippen LogP contribution in [0.3, 0.4) is 0 Å². The van der Waals surface area contributed by atoms with Gasteiger partial charge in [-0.25, -0.2) is 0 Å². The van der Waals surface area contributed by atoms with E-state index in [0.29, 0.717) is 13.0 Å². The monoisotopic (exact) mass is 260 g/mol. The Morgan fingerprint density at radius 3 is 2.95 bits per heavy atom. The second-order valence-electron chi connectivity index (χ2n) is 4.20. The van der Waals surface area contributed by atoms with Crippen molar-refractivity contribution in [3.8, 4) is 6.07 Å². The summed E-state index contributed by atoms with van der Waals surface area (Å²) in [6.07, 6.45) is 1.43. The van der Waals surface area contributed by atoms with E-state index in [0.717, 1.165) is 6.42 Å². The number of rotatable bonds is 3. The molecular weight excluding hydrogens is 248 g/mol. The fourth-order valence-corrected chi connectivity index (χ4v) is 2.04. The highest BCUT2D eigenvalue weighted by Crippen LogP contribution is 2.29. The van der Waals surface area contributed by atoms with E-state index in [1.165, 1.54) is 12.1 Å². The zero-order valence-corrected chi connectivity index (χ0v) is 10.0. The van der Waals surface area contributed by atoms with Gasteiger partial charge in [0.25, 0.3) is 0 Å². The van der Waals surface area contributed by atoms with E-state index in [4.69, 9.17) is 5.26 Å². The molecule has 2 N–H and O–H groups in total. The number of nitro groups is 1. The fourth-order valence-electron chi connectivity index (χ4n) is 2.04. The molecule has 1 heterocycles. The maximum Gasteiger partial charge on any atom is 0.309 e. The quantitative estimate of drug-likeness (QED) is 0.626. The van der Waals surface area contributed by atoms with Crippen molar-refractivity contribution in [2.24, 2.45) is 0 Å². The summed E-state index contributed by atoms with van der Waals surface area (Å²) < 4.78 is 0. The van der Waals surface area contributed by atoms with Gasteiger partial charge in [-0.15, -0.1) is 0 Å². The SMILES string of the molecule is N#Cc1cccc(NC2CCCNC2=O)c1[N+](=O)[O-]. The first-order valence-corrected chi connectivity index (χ1v) is 5.85. The molecule has 1 amide bonds. The Hall–Kier alpha value is -2.62. The third kappa shape index (κ3) is 2.63. The van der Waals surface area contributed by atoms with Crippen LogP contribution in [0, 0.1) is 21.4 Å². The Morgan fingerprint density at radius 1 is 1.53 bits per heavy atom. The van der Waals surface area contributed by atoms with Crippen molar-refractivity contribution in [1.29, 1.82) is 5.26 Å². The van der Waals surface area contributed by atoms with Crippen LogP contribution in [0.15, 0.2) is 18.2 Å². The summed E-state index contributed by atoms with van der Waals surface area (Å²) >= 11 is 0. The molecular formula is C12H12N4O3. The van der Waals surface area contributed by atoms with Crippen molar-refractivity contribution in [3.63, 3.8) is 0 Å². The lowest BCUT2D eigenvalue weighted by Crippen LogP contribution is -2.44. The smallest absolute Gasteiger partial charge is 0.309 e. The molecule has 1 aromatic rings. The lowest BCUT2D eigenvalue weighted by molar-refractivity contribution is -0.384. The van der Waals surface area contributed by atoms with E-state index in [1.807, 2.05) is 0 Å². The number of nitriles is 1. The van der Waals surface area contributed by atoms with Gasteiger partial charge in [0, 0.05) is 6.54 Å². The largest absolute Gasteiger partial charge is 0.368 e. The van der Waals surface area contributed by atoms with Gasteiger partial charge in [0.15, 0.2) is 0 Å². The van der Waals surface area contributed by atoms with Gasteiger partial charge in [-0.2, -0.15) is 5.26 Å². The Balaban J connectivity index is 2.32. The van der Waals surface area contributed by atoms with Crippen LogP contribution in [0.5, 0.6) is 0 Å². The molecule has 1 aliphatic heterocycles. The van der Waals surface area contributed by atoms with Gasteiger partial charge >= 0.3 is 5.69 Å². The summed E-state index contributed by atoms with van der Waals surface area (Å²) in [5.41, 5.74) is -0.110. The van der Waals surface area contributed by atoms with Crippen molar-refractivity contribution in [2.75, 3.05) is 11.9 Å². The maximum absolute atomic E-state index is 11.6. The van der Waals surface area contributed by atoms with Crippen molar-refractivity contribution in [3.05, 3.63) is 33.9 Å². The van der Waals surface area contributed by atoms with Gasteiger partial charge in [-0.1, -0.05) is 6.07 Å². The molecule has 0 spiro atoms. The molecule has 0 aliphatic carbocycles. The van der Waals surface area contributed by atoms with E-state index in [-0.39, 0.29) is 22.8 Å². The topological polar surface area (TPSA) is 108 Å². The first-order chi connectivity index (χ1) is 9.13. The predicted molar refractivity (Wildman–Crippen MR) is 67.5 cm³/mol. The molecule has 0 bridgehead atoms. The highest BCUT2D eigenvalue weighted by molar-refractivity contribution is 5.86. The molecule has 1 fully saturated rings. The third-order valence-corrected chi connectivity index (χ3v) is 2.95. The fraction of sp³-hybridized carbons (Fsp3) is 0.333. The Kier molecular flexibility index (Phi) is 3.61. The van der Waals surface area contributed by atoms with Crippen molar-refractivity contribution < 1.29 is 9.72 Å². The summed E-state index contributed by atoms with van der Waals surface area (Å²) in [6.45, 7) is 0.622. The summed E-state index contributed by atoms with van der Waals surface area (Å²) in [4.78, 5) is 22.1. The van der Waals surface area contributed by atoms with Gasteiger partial charge in [-0.05, 0) is 25.0 Å². The van der Waals surface area contributed by atoms with Crippen LogP contribution in [0.1, 0.15) is 18.4 Å². The van der Waals surface area contributed by atoms with Crippen LogP contribution < -0.4 is 10.6 Å². The number of amides is 1.